The Bertz CT molecular complexity index is 502. The van der Waals surface area contributed by atoms with E-state index in [1.807, 2.05) is 0 Å². The molecular weight excluding hydrogens is 252 g/mol. The molecule has 0 N–H and O–H groups in total. The van der Waals surface area contributed by atoms with Crippen LogP contribution in [0.1, 0.15) is 47.0 Å². The molecule has 3 heteroatoms. The van der Waals surface area contributed by atoms with Crippen LogP contribution in [-0.2, 0) is 14.3 Å². The van der Waals surface area contributed by atoms with Crippen LogP contribution in [0.4, 0.5) is 0 Å². The van der Waals surface area contributed by atoms with Gasteiger partial charge in [-0.05, 0) is 46.0 Å². The number of epoxide rings is 1. The number of carbonyl (C=O) groups excluding carboxylic acids is 1. The molecule has 1 saturated carbocycles. The maximum atomic E-state index is 11.6. The summed E-state index contributed by atoms with van der Waals surface area (Å²) in [6.45, 7) is 12.1. The molecule has 0 bridgehead atoms. The molecule has 0 aromatic carbocycles. The summed E-state index contributed by atoms with van der Waals surface area (Å²) >= 11 is 0. The minimum Gasteiger partial charge on any atom is -0.459 e. The van der Waals surface area contributed by atoms with Crippen molar-refractivity contribution in [1.29, 1.82) is 0 Å². The van der Waals surface area contributed by atoms with Crippen molar-refractivity contribution in [2.45, 2.75) is 64.3 Å². The van der Waals surface area contributed by atoms with Gasteiger partial charge in [-0.25, -0.2) is 0 Å². The molecule has 0 radical (unpaired) electrons. The first-order valence-electron chi connectivity index (χ1n) is 7.50. The molecule has 0 aromatic rings. The maximum absolute atomic E-state index is 11.6. The molecular formula is C17H24O3. The van der Waals surface area contributed by atoms with E-state index in [2.05, 4.69) is 33.4 Å². The third kappa shape index (κ3) is 1.79. The Morgan fingerprint density at radius 2 is 2.15 bits per heavy atom. The van der Waals surface area contributed by atoms with Crippen molar-refractivity contribution in [3.63, 3.8) is 0 Å². The Labute approximate surface area is 121 Å². The number of ether oxygens (including phenoxy) is 2. The molecule has 3 nitrogen and oxygen atoms in total. The summed E-state index contributed by atoms with van der Waals surface area (Å²) in [5.74, 6) is 0.418. The average molecular weight is 276 g/mol. The van der Waals surface area contributed by atoms with Crippen molar-refractivity contribution < 1.29 is 14.3 Å². The molecule has 20 heavy (non-hydrogen) atoms. The fourth-order valence-electron chi connectivity index (χ4n) is 4.28. The lowest BCUT2D eigenvalue weighted by Crippen LogP contribution is -2.44. The van der Waals surface area contributed by atoms with Crippen LogP contribution in [-0.4, -0.2) is 23.3 Å². The third-order valence-electron chi connectivity index (χ3n) is 5.49. The van der Waals surface area contributed by atoms with Crippen LogP contribution in [0.3, 0.4) is 0 Å². The van der Waals surface area contributed by atoms with Gasteiger partial charge in [0.15, 0.2) is 0 Å². The minimum absolute atomic E-state index is 0.182. The first-order valence-corrected chi connectivity index (χ1v) is 7.50. The minimum atomic E-state index is -0.333. The first kappa shape index (κ1) is 13.9. The molecule has 1 aliphatic heterocycles. The first-order chi connectivity index (χ1) is 9.28. The Hall–Kier alpha value is -1.09. The van der Waals surface area contributed by atoms with E-state index in [0.717, 1.165) is 19.3 Å². The van der Waals surface area contributed by atoms with Crippen molar-refractivity contribution >= 4 is 5.97 Å². The third-order valence-corrected chi connectivity index (χ3v) is 5.49. The van der Waals surface area contributed by atoms with Gasteiger partial charge < -0.3 is 9.47 Å². The predicted octanol–water partition coefficient (Wildman–Crippen LogP) is 3.40. The van der Waals surface area contributed by atoms with Crippen LogP contribution < -0.4 is 0 Å². The van der Waals surface area contributed by atoms with E-state index in [-0.39, 0.29) is 29.2 Å². The van der Waals surface area contributed by atoms with E-state index < -0.39 is 0 Å². The van der Waals surface area contributed by atoms with Gasteiger partial charge in [0.25, 0.3) is 0 Å². The highest BCUT2D eigenvalue weighted by molar-refractivity contribution is 5.66. The van der Waals surface area contributed by atoms with E-state index in [9.17, 15) is 4.79 Å². The largest absolute Gasteiger partial charge is 0.459 e. The normalized spacial score (nSPS) is 41.9. The molecule has 3 aliphatic rings. The van der Waals surface area contributed by atoms with E-state index in [1.54, 1.807) is 0 Å². The molecule has 2 fully saturated rings. The second-order valence-electron chi connectivity index (χ2n) is 7.01. The van der Waals surface area contributed by atoms with Gasteiger partial charge in [-0.1, -0.05) is 23.8 Å². The van der Waals surface area contributed by atoms with Gasteiger partial charge in [0, 0.05) is 12.8 Å². The Kier molecular flexibility index (Phi) is 2.91. The van der Waals surface area contributed by atoms with Gasteiger partial charge in [-0.15, -0.1) is 0 Å². The van der Waals surface area contributed by atoms with Gasteiger partial charge in [-0.3, -0.25) is 4.79 Å². The molecule has 1 saturated heterocycles. The van der Waals surface area contributed by atoms with Crippen molar-refractivity contribution in [3.8, 4) is 0 Å². The van der Waals surface area contributed by atoms with Crippen molar-refractivity contribution in [2.24, 2.45) is 11.8 Å². The zero-order chi connectivity index (χ0) is 14.7. The molecule has 1 heterocycles. The zero-order valence-corrected chi connectivity index (χ0v) is 12.9. The highest BCUT2D eigenvalue weighted by Crippen LogP contribution is 2.61. The van der Waals surface area contributed by atoms with Gasteiger partial charge in [-0.2, -0.15) is 0 Å². The maximum Gasteiger partial charge on any atom is 0.303 e. The molecule has 110 valence electrons. The van der Waals surface area contributed by atoms with E-state index in [4.69, 9.17) is 9.47 Å². The predicted molar refractivity (Wildman–Crippen MR) is 77.2 cm³/mol. The monoisotopic (exact) mass is 276 g/mol. The lowest BCUT2D eigenvalue weighted by molar-refractivity contribution is -0.153. The average Bonchev–Trinajstić information content (AvgIpc) is 2.73. The van der Waals surface area contributed by atoms with Gasteiger partial charge in [0.2, 0.25) is 0 Å². The van der Waals surface area contributed by atoms with Crippen LogP contribution in [0, 0.1) is 11.8 Å². The highest BCUT2D eigenvalue weighted by atomic mass is 16.7. The zero-order valence-electron chi connectivity index (χ0n) is 12.9. The smallest absolute Gasteiger partial charge is 0.303 e. The second-order valence-corrected chi connectivity index (χ2v) is 7.01. The van der Waals surface area contributed by atoms with Crippen molar-refractivity contribution in [3.05, 3.63) is 23.8 Å². The summed E-state index contributed by atoms with van der Waals surface area (Å²) in [7, 11) is 0. The van der Waals surface area contributed by atoms with Crippen LogP contribution in [0.25, 0.3) is 0 Å². The number of esters is 1. The molecule has 3 rings (SSSR count). The number of hydrogen-bond acceptors (Lipinski definition) is 3. The summed E-state index contributed by atoms with van der Waals surface area (Å²) in [6, 6.07) is 0. The van der Waals surface area contributed by atoms with Crippen LogP contribution in [0.5, 0.6) is 0 Å². The van der Waals surface area contributed by atoms with Crippen LogP contribution in [0.15, 0.2) is 23.8 Å². The number of fused-ring (bicyclic) bond motifs is 1. The fourth-order valence-corrected chi connectivity index (χ4v) is 4.28. The summed E-state index contributed by atoms with van der Waals surface area (Å²) in [6.07, 6.45) is 4.97. The van der Waals surface area contributed by atoms with E-state index >= 15 is 0 Å². The molecule has 0 aromatic heterocycles. The molecule has 1 spiro atoms. The summed E-state index contributed by atoms with van der Waals surface area (Å²) in [5.41, 5.74) is 2.05. The molecule has 0 amide bonds. The lowest BCUT2D eigenvalue weighted by Gasteiger charge is -2.32. The summed E-state index contributed by atoms with van der Waals surface area (Å²) in [5, 5.41) is 0. The summed E-state index contributed by atoms with van der Waals surface area (Å²) in [4.78, 5) is 11.6. The van der Waals surface area contributed by atoms with Gasteiger partial charge in [0.1, 0.15) is 11.7 Å². The molecule has 2 aliphatic carbocycles. The van der Waals surface area contributed by atoms with Crippen LogP contribution >= 0.6 is 0 Å². The van der Waals surface area contributed by atoms with Gasteiger partial charge >= 0.3 is 5.97 Å². The van der Waals surface area contributed by atoms with Crippen LogP contribution in [0.2, 0.25) is 0 Å². The second kappa shape index (κ2) is 4.20. The Morgan fingerprint density at radius 3 is 2.70 bits per heavy atom. The van der Waals surface area contributed by atoms with E-state index in [1.165, 1.54) is 18.1 Å². The van der Waals surface area contributed by atoms with Crippen molar-refractivity contribution in [1.82, 2.24) is 0 Å². The highest BCUT2D eigenvalue weighted by Gasteiger charge is 2.71. The lowest BCUT2D eigenvalue weighted by atomic mass is 9.77. The summed E-state index contributed by atoms with van der Waals surface area (Å²) < 4.78 is 11.9. The quantitative estimate of drug-likeness (QED) is 0.418. The number of carbonyl (C=O) groups is 1. The topological polar surface area (TPSA) is 38.8 Å². The Morgan fingerprint density at radius 1 is 1.50 bits per heavy atom. The standard InChI is InChI=1S/C17H24O3/c1-10-8-9-17(16(4,5)20-17)15(19-12(3)18)14-11(2)6-7-13(10)14/h6,13-15H,1,7-9H2,2-5H3/t13-,14+,15-,17+/m0/s1. The number of allylic oxidation sites excluding steroid dienone is 2. The number of hydrogen-bond donors (Lipinski definition) is 0. The van der Waals surface area contributed by atoms with E-state index in [0.29, 0.717) is 5.92 Å². The Balaban J connectivity index is 2.02. The SMILES string of the molecule is C=C1CC[C@@]2(OC2(C)C)[C@@H](OC(C)=O)[C@@H]2C(C)=CC[C@@H]12. The molecule has 4 atom stereocenters. The number of rotatable bonds is 1. The molecule has 0 unspecified atom stereocenters. The van der Waals surface area contributed by atoms with Crippen molar-refractivity contribution in [2.75, 3.05) is 0 Å². The fraction of sp³-hybridized carbons (Fsp3) is 0.706. The van der Waals surface area contributed by atoms with Gasteiger partial charge in [0.05, 0.1) is 5.60 Å².